The number of aromatic carboxylic acids is 2. The zero-order valence-corrected chi connectivity index (χ0v) is 68.5. The van der Waals surface area contributed by atoms with Crippen molar-refractivity contribution in [1.29, 1.82) is 0 Å². The molecule has 0 saturated heterocycles. The second-order valence-corrected chi connectivity index (χ2v) is 34.0. The number of methoxy groups -OCH3 is 2. The van der Waals surface area contributed by atoms with E-state index in [1.165, 1.54) is 164 Å². The number of carboxylic acid groups (broad SMARTS) is 2. The Bertz CT molecular complexity index is 3820. The fraction of sp³-hybridized carbons (Fsp3) is 0.373. The smallest absolute Gasteiger partial charge is 0.495 e. The average Bonchev–Trinajstić information content (AvgIpc) is 1.09. The molecule has 20 heteroatoms. The number of rotatable bonds is 16. The molecule has 4 saturated carbocycles. The molecule has 4 aliphatic rings. The molecule has 0 aliphatic heterocycles. The van der Waals surface area contributed by atoms with E-state index in [2.05, 4.69) is 69.7 Å². The van der Waals surface area contributed by atoms with Gasteiger partial charge in [0.15, 0.2) is 11.6 Å². The third-order valence-electron chi connectivity index (χ3n) is 16.4. The molecule has 4 aliphatic carbocycles. The van der Waals surface area contributed by atoms with Gasteiger partial charge in [0.1, 0.15) is 23.0 Å². The molecule has 0 heterocycles. The molecule has 0 atom stereocenters. The van der Waals surface area contributed by atoms with Gasteiger partial charge in [-0.2, -0.15) is 0 Å². The monoisotopic (exact) mass is 1620 g/mol. The van der Waals surface area contributed by atoms with Crippen LogP contribution in [0.25, 0.3) is 0 Å². The Morgan fingerprint density at radius 2 is 0.631 bits per heavy atom. The van der Waals surface area contributed by atoms with Gasteiger partial charge in [-0.25, -0.2) is 9.59 Å². The molecule has 6 aromatic rings. The van der Waals surface area contributed by atoms with E-state index in [1.807, 2.05) is 42.5 Å². The number of carboxylic acids is 2. The molecule has 0 amide bonds. The predicted molar refractivity (Wildman–Crippen MR) is 440 cm³/mol. The van der Waals surface area contributed by atoms with Gasteiger partial charge in [-0.3, -0.25) is 9.59 Å². The van der Waals surface area contributed by atoms with Crippen LogP contribution in [0.5, 0.6) is 23.0 Å². The number of carbonyl (C=O) groups is 4. The summed E-state index contributed by atoms with van der Waals surface area (Å²) in [5.41, 5.74) is 7.39. The summed E-state index contributed by atoms with van der Waals surface area (Å²) in [5, 5.41) is 18.2. The molecular weight excluding hydrogens is 1530 g/mol. The largest absolute Gasteiger partial charge is 2.00 e. The van der Waals surface area contributed by atoms with Crippen molar-refractivity contribution in [2.75, 3.05) is 27.4 Å². The van der Waals surface area contributed by atoms with E-state index in [-0.39, 0.29) is 94.0 Å². The first-order chi connectivity index (χ1) is 46.8. The average molecular weight is 1630 g/mol. The Balaban J connectivity index is 0. The van der Waals surface area contributed by atoms with E-state index in [1.54, 1.807) is 118 Å². The summed E-state index contributed by atoms with van der Waals surface area (Å²) in [5.74, 6) is 27.3. The van der Waals surface area contributed by atoms with Crippen LogP contribution in [0.4, 0.5) is 0 Å². The van der Waals surface area contributed by atoms with Gasteiger partial charge in [-0.05, 0) is 124 Å². The van der Waals surface area contributed by atoms with Crippen LogP contribution in [0.1, 0.15) is 248 Å². The number of Topliss-reactive ketones (excluding diaryl/α,β-unsaturated/α-hetero) is 2. The fourth-order valence-corrected chi connectivity index (χ4v) is 22.1. The number of hydrogen-bond acceptors (Lipinski definition) is 10. The van der Waals surface area contributed by atoms with Crippen LogP contribution < -0.4 is 18.9 Å². The van der Waals surface area contributed by atoms with Crippen LogP contribution in [-0.4, -0.2) is 61.2 Å². The Morgan fingerprint density at radius 3 is 0.864 bits per heavy atom. The molecule has 10 rings (SSSR count). The molecule has 10 nitrogen and oxygen atoms in total. The Morgan fingerprint density at radius 1 is 0.388 bits per heavy atom. The van der Waals surface area contributed by atoms with E-state index < -0.39 is 11.9 Å². The molecule has 556 valence electrons. The number of carbonyl (C=O) groups excluding carboxylic acids is 2. The minimum atomic E-state index is -0.986. The molecular formula is C83H100Fe2O10S8. The van der Waals surface area contributed by atoms with Crippen molar-refractivity contribution in [3.63, 3.8) is 0 Å². The molecule has 2 N–H and O–H groups in total. The number of benzene rings is 6. The third kappa shape index (κ3) is 38.1. The Kier molecular flexibility index (Phi) is 55.8. The minimum Gasteiger partial charge on any atom is -0.495 e. The second kappa shape index (κ2) is 58.1. The van der Waals surface area contributed by atoms with Crippen LogP contribution in [0.2, 0.25) is 0 Å². The van der Waals surface area contributed by atoms with Gasteiger partial charge in [0.05, 0.1) is 60.8 Å². The molecule has 0 spiro atoms. The maximum Gasteiger partial charge on any atom is 2.00 e. The standard InChI is InChI=1S/C35H34O4.C33H30O6.2C5H10.CH4.4CH3.2Fe.S8/c1-25(36)30-16-10-28(11-17-30)14-20-32-24-35(39-22-6-9-27-7-4-5-8-27)33(23-34(32)38-3)21-15-29-12-18-31(19-13-29)26(2)37;1-38-30-21-29(19-13-25-10-16-27(17-11-25)33(36)37)31(39-20-4-7-23-5-2-3-6-23)22-28(30)18-12-24-8-14-26(15-9-24)32(34)35;2*1-2-4-5-3-1;;;;;;;;1-3-5-7-8-6-4-2/h10-13,16-19,23-24,27H,4-9,22H2,1-3H3;8-11,14-17,21-23H,2-7,20H2,1H3,(H,34,35)(H,36,37);2*1-5H2;1H4;4*1H3;;;/q;;;;;4*-1;2*+2;. The van der Waals surface area contributed by atoms with E-state index in [0.29, 0.717) is 75.2 Å². The SMILES string of the molecule is C.C1CCCC1.C1CCCC1.COc1cc(C#Cc2ccc(C(=O)O)cc2)c(OCCCC2CCCC2)cc1C#Cc1ccc(C(=O)O)cc1.COc1cc(C#Cc2ccc(C(C)=O)cc2)c(OCCCC2CCCC2)cc1C#Cc1ccc(C(C)=O)cc1.S=S=S=S=S=S=S=S.[CH3-].[CH3-].[CH3-].[CH3-].[Fe+2].[Fe+2]. The van der Waals surface area contributed by atoms with E-state index in [9.17, 15) is 19.2 Å². The molecule has 0 unspecified atom stereocenters. The predicted octanol–water partition coefficient (Wildman–Crippen LogP) is 19.8. The van der Waals surface area contributed by atoms with Crippen molar-refractivity contribution in [2.45, 2.75) is 163 Å². The van der Waals surface area contributed by atoms with Gasteiger partial charge in [0.25, 0.3) is 0 Å². The minimum absolute atomic E-state index is 0. The van der Waals surface area contributed by atoms with Crippen LogP contribution in [0.15, 0.2) is 121 Å². The molecule has 0 aromatic heterocycles. The quantitative estimate of drug-likeness (QED) is 0.0313. The van der Waals surface area contributed by atoms with Crippen LogP contribution in [0.3, 0.4) is 0 Å². The summed E-state index contributed by atoms with van der Waals surface area (Å²) < 4.78 is 23.7. The van der Waals surface area contributed by atoms with E-state index in [0.717, 1.165) is 47.8 Å². The van der Waals surface area contributed by atoms with Gasteiger partial charge in [-0.15, -0.1) is 0 Å². The van der Waals surface area contributed by atoms with Gasteiger partial charge in [0.2, 0.25) is 0 Å². The first-order valence-corrected chi connectivity index (χ1v) is 42.0. The summed E-state index contributed by atoms with van der Waals surface area (Å²) in [6.07, 6.45) is 29.9. The number of hydrogen-bond donors (Lipinski definition) is 2. The van der Waals surface area contributed by atoms with Gasteiger partial charge in [-0.1, -0.05) is 195 Å². The summed E-state index contributed by atoms with van der Waals surface area (Å²) in [6, 6.07) is 34.7. The van der Waals surface area contributed by atoms with Crippen molar-refractivity contribution in [2.24, 2.45) is 11.8 Å². The number of ketones is 2. The van der Waals surface area contributed by atoms with Crippen molar-refractivity contribution in [3.05, 3.63) is 218 Å². The summed E-state index contributed by atoms with van der Waals surface area (Å²) in [7, 11) is 12.3. The molecule has 0 radical (unpaired) electrons. The topological polar surface area (TPSA) is 146 Å². The van der Waals surface area contributed by atoms with E-state index in [4.69, 9.17) is 29.2 Å². The van der Waals surface area contributed by atoms with Crippen molar-refractivity contribution >= 4 is 99.2 Å². The van der Waals surface area contributed by atoms with Crippen molar-refractivity contribution in [1.82, 2.24) is 0 Å². The normalized spacial score (nSPS) is 12.3. The van der Waals surface area contributed by atoms with Crippen LogP contribution >= 0.6 is 0 Å². The maximum atomic E-state index is 11.6. The Hall–Kier alpha value is -6.16. The zero-order chi connectivity index (χ0) is 68.5. The third-order valence-corrected chi connectivity index (χ3v) is 27.5. The molecule has 4 fully saturated rings. The van der Waals surface area contributed by atoms with Gasteiger partial charge in [0, 0.05) is 133 Å². The summed E-state index contributed by atoms with van der Waals surface area (Å²) in [4.78, 5) is 45.4. The van der Waals surface area contributed by atoms with Crippen molar-refractivity contribution in [3.8, 4) is 70.4 Å². The first kappa shape index (κ1) is 98.9. The summed E-state index contributed by atoms with van der Waals surface area (Å²) in [6.45, 7) is 4.28. The zero-order valence-electron chi connectivity index (χ0n) is 59.8. The van der Waals surface area contributed by atoms with Crippen molar-refractivity contribution < 1.29 is 82.5 Å². The van der Waals surface area contributed by atoms with Gasteiger partial charge >= 0.3 is 46.1 Å². The maximum absolute atomic E-state index is 11.6. The fourth-order valence-electron chi connectivity index (χ4n) is 11.1. The van der Waals surface area contributed by atoms with Gasteiger partial charge < -0.3 is 58.9 Å². The van der Waals surface area contributed by atoms with Crippen LogP contribution in [0, 0.1) is 88.9 Å². The molecule has 6 aromatic carbocycles. The van der Waals surface area contributed by atoms with Crippen LogP contribution in [-0.2, 0) is 110 Å². The second-order valence-electron chi connectivity index (χ2n) is 23.4. The molecule has 0 bridgehead atoms. The summed E-state index contributed by atoms with van der Waals surface area (Å²) >= 11 is 9.21. The number of ether oxygens (including phenoxy) is 4. The first-order valence-electron chi connectivity index (χ1n) is 32.7. The Labute approximate surface area is 665 Å². The molecule has 103 heavy (non-hydrogen) atoms. The van der Waals surface area contributed by atoms with E-state index >= 15 is 0 Å².